The van der Waals surface area contributed by atoms with Crippen molar-refractivity contribution in [3.05, 3.63) is 28.5 Å². The topological polar surface area (TPSA) is 107 Å². The van der Waals surface area contributed by atoms with Crippen molar-refractivity contribution in [2.45, 2.75) is 33.4 Å². The summed E-state index contributed by atoms with van der Waals surface area (Å²) in [5, 5.41) is 14.5. The predicted octanol–water partition coefficient (Wildman–Crippen LogP) is 3.71. The maximum Gasteiger partial charge on any atom is 0.490 e. The zero-order valence-corrected chi connectivity index (χ0v) is 18.4. The first kappa shape index (κ1) is 24.1. The molecule has 0 aliphatic carbocycles. The predicted molar refractivity (Wildman–Crippen MR) is 109 cm³/mol. The van der Waals surface area contributed by atoms with Gasteiger partial charge in [-0.3, -0.25) is 4.79 Å². The van der Waals surface area contributed by atoms with E-state index < -0.39 is 12.1 Å². The number of alkyl halides is 3. The molecule has 0 aromatic carbocycles. The van der Waals surface area contributed by atoms with E-state index in [1.54, 1.807) is 12.4 Å². The Labute approximate surface area is 180 Å². The largest absolute Gasteiger partial charge is 0.490 e. The lowest BCUT2D eigenvalue weighted by Gasteiger charge is -2.41. The third kappa shape index (κ3) is 5.51. The lowest BCUT2D eigenvalue weighted by molar-refractivity contribution is -0.192. The fourth-order valence-corrected chi connectivity index (χ4v) is 3.64. The van der Waals surface area contributed by atoms with Crippen LogP contribution >= 0.6 is 15.9 Å². The van der Waals surface area contributed by atoms with E-state index in [0.717, 1.165) is 35.0 Å². The summed E-state index contributed by atoms with van der Waals surface area (Å²) in [6.45, 7) is 9.38. The molecular weight excluding hydrogens is 469 g/mol. The first-order chi connectivity index (χ1) is 13.8. The number of halogens is 4. The molecule has 30 heavy (non-hydrogen) atoms. The number of carbonyl (C=O) groups is 2. The number of carboxylic acids is 1. The molecule has 1 saturated heterocycles. The van der Waals surface area contributed by atoms with Crippen LogP contribution in [0.2, 0.25) is 0 Å². The number of aromatic amines is 1. The molecule has 1 fully saturated rings. The van der Waals surface area contributed by atoms with Gasteiger partial charge in [0.1, 0.15) is 5.65 Å². The number of rotatable bonds is 3. The Morgan fingerprint density at radius 2 is 1.97 bits per heavy atom. The van der Waals surface area contributed by atoms with Gasteiger partial charge in [0.15, 0.2) is 0 Å². The highest BCUT2D eigenvalue weighted by atomic mass is 79.9. The van der Waals surface area contributed by atoms with E-state index in [2.05, 4.69) is 57.3 Å². The molecule has 1 unspecified atom stereocenters. The molecule has 3 rings (SSSR count). The Hall–Kier alpha value is -2.14. The molecule has 2 aromatic rings. The summed E-state index contributed by atoms with van der Waals surface area (Å²) in [5.74, 6) is -2.81. The normalized spacial score (nSPS) is 19.3. The molecule has 7 nitrogen and oxygen atoms in total. The Morgan fingerprint density at radius 3 is 2.47 bits per heavy atom. The fraction of sp³-hybridized carbons (Fsp3) is 0.526. The standard InChI is InChI=1S/C17H23BrN4O.C2HF3O2/c1-16(2,3)17(4-5-19-9-17)10-22-15(23)13-8-21-14-12(13)6-11(18)7-20-14;3-2(4,5)1(6)7/h6-8,19H,4-5,9-10H2,1-3H3,(H,20,21)(H,22,23);(H,6,7). The summed E-state index contributed by atoms with van der Waals surface area (Å²) >= 11 is 3.41. The zero-order valence-electron chi connectivity index (χ0n) is 16.8. The van der Waals surface area contributed by atoms with E-state index in [0.29, 0.717) is 12.1 Å². The lowest BCUT2D eigenvalue weighted by Crippen LogP contribution is -2.47. The van der Waals surface area contributed by atoms with Crippen LogP contribution in [-0.4, -0.2) is 52.8 Å². The third-order valence-electron chi connectivity index (χ3n) is 5.41. The first-order valence-corrected chi connectivity index (χ1v) is 9.98. The molecule has 0 saturated carbocycles. The maximum absolute atomic E-state index is 12.7. The van der Waals surface area contributed by atoms with Crippen molar-refractivity contribution >= 4 is 38.8 Å². The van der Waals surface area contributed by atoms with Crippen molar-refractivity contribution in [1.82, 2.24) is 20.6 Å². The SMILES string of the molecule is CC(C)(C)C1(CNC(=O)c2c[nH]c3ncc(Br)cc23)CCNC1.O=C(O)C(F)(F)F. The van der Waals surface area contributed by atoms with Crippen LogP contribution in [0.25, 0.3) is 11.0 Å². The number of amides is 1. The van der Waals surface area contributed by atoms with E-state index in [1.165, 1.54) is 0 Å². The molecule has 0 radical (unpaired) electrons. The number of fused-ring (bicyclic) bond motifs is 1. The molecule has 0 bridgehead atoms. The summed E-state index contributed by atoms with van der Waals surface area (Å²) in [6, 6.07) is 1.92. The minimum absolute atomic E-state index is 0.0494. The van der Waals surface area contributed by atoms with Crippen LogP contribution in [0.1, 0.15) is 37.6 Å². The summed E-state index contributed by atoms with van der Waals surface area (Å²) in [6.07, 6.45) is -0.548. The van der Waals surface area contributed by atoms with E-state index in [4.69, 9.17) is 9.90 Å². The molecule has 11 heteroatoms. The number of carboxylic acid groups (broad SMARTS) is 1. The molecule has 3 heterocycles. The molecule has 4 N–H and O–H groups in total. The number of nitrogens with zero attached hydrogens (tertiary/aromatic N) is 1. The van der Waals surface area contributed by atoms with Gasteiger partial charge in [-0.2, -0.15) is 13.2 Å². The van der Waals surface area contributed by atoms with Gasteiger partial charge in [-0.15, -0.1) is 0 Å². The van der Waals surface area contributed by atoms with Gasteiger partial charge in [0, 0.05) is 40.8 Å². The van der Waals surface area contributed by atoms with Crippen LogP contribution in [0.5, 0.6) is 0 Å². The van der Waals surface area contributed by atoms with E-state index in [9.17, 15) is 18.0 Å². The average molecular weight is 493 g/mol. The van der Waals surface area contributed by atoms with Gasteiger partial charge in [-0.05, 0) is 40.4 Å². The maximum atomic E-state index is 12.7. The second kappa shape index (κ2) is 8.93. The Kier molecular flexibility index (Phi) is 7.18. The van der Waals surface area contributed by atoms with Crippen molar-refractivity contribution in [3.8, 4) is 0 Å². The Morgan fingerprint density at radius 1 is 1.33 bits per heavy atom. The minimum atomic E-state index is -5.08. The summed E-state index contributed by atoms with van der Waals surface area (Å²) in [4.78, 5) is 28.9. The first-order valence-electron chi connectivity index (χ1n) is 9.18. The van der Waals surface area contributed by atoms with Crippen molar-refractivity contribution in [3.63, 3.8) is 0 Å². The van der Waals surface area contributed by atoms with Crippen molar-refractivity contribution < 1.29 is 27.9 Å². The second-order valence-corrected chi connectivity index (χ2v) is 9.11. The van der Waals surface area contributed by atoms with E-state index in [-0.39, 0.29) is 16.7 Å². The number of nitrogens with one attached hydrogen (secondary N) is 3. The zero-order chi connectivity index (χ0) is 22.7. The fourth-order valence-electron chi connectivity index (χ4n) is 3.31. The van der Waals surface area contributed by atoms with Gasteiger partial charge in [-0.1, -0.05) is 20.8 Å². The molecule has 166 valence electrons. The number of H-pyrrole nitrogens is 1. The highest BCUT2D eigenvalue weighted by Gasteiger charge is 2.44. The van der Waals surface area contributed by atoms with E-state index in [1.807, 2.05) is 6.07 Å². The van der Waals surface area contributed by atoms with Crippen molar-refractivity contribution in [1.29, 1.82) is 0 Å². The van der Waals surface area contributed by atoms with Crippen LogP contribution in [0.4, 0.5) is 13.2 Å². The number of hydrogen-bond acceptors (Lipinski definition) is 4. The molecule has 1 aliphatic rings. The van der Waals surface area contributed by atoms with Crippen LogP contribution in [0, 0.1) is 10.8 Å². The number of hydrogen-bond donors (Lipinski definition) is 4. The van der Waals surface area contributed by atoms with Crippen LogP contribution in [-0.2, 0) is 4.79 Å². The molecule has 2 aromatic heterocycles. The molecule has 1 atom stereocenters. The number of aromatic nitrogens is 2. The number of carbonyl (C=O) groups excluding carboxylic acids is 1. The second-order valence-electron chi connectivity index (χ2n) is 8.19. The summed E-state index contributed by atoms with van der Waals surface area (Å²) in [7, 11) is 0. The number of pyridine rings is 1. The quantitative estimate of drug-likeness (QED) is 0.522. The number of aliphatic carboxylic acids is 1. The van der Waals surface area contributed by atoms with Crippen LogP contribution in [0.15, 0.2) is 22.9 Å². The van der Waals surface area contributed by atoms with Gasteiger partial charge in [0.05, 0.1) is 5.56 Å². The Bertz CT molecular complexity index is 916. The van der Waals surface area contributed by atoms with Gasteiger partial charge < -0.3 is 20.7 Å². The van der Waals surface area contributed by atoms with Gasteiger partial charge in [0.25, 0.3) is 5.91 Å². The third-order valence-corrected chi connectivity index (χ3v) is 5.84. The smallest absolute Gasteiger partial charge is 0.475 e. The monoisotopic (exact) mass is 492 g/mol. The van der Waals surface area contributed by atoms with Crippen molar-refractivity contribution in [2.24, 2.45) is 10.8 Å². The highest BCUT2D eigenvalue weighted by molar-refractivity contribution is 9.10. The average Bonchev–Trinajstić information content (AvgIpc) is 3.26. The highest BCUT2D eigenvalue weighted by Crippen LogP contribution is 2.43. The molecular formula is C19H24BrF3N4O3. The van der Waals surface area contributed by atoms with Gasteiger partial charge >= 0.3 is 12.1 Å². The van der Waals surface area contributed by atoms with Crippen LogP contribution < -0.4 is 10.6 Å². The van der Waals surface area contributed by atoms with Gasteiger partial charge in [0.2, 0.25) is 0 Å². The van der Waals surface area contributed by atoms with Crippen LogP contribution in [0.3, 0.4) is 0 Å². The van der Waals surface area contributed by atoms with E-state index >= 15 is 0 Å². The van der Waals surface area contributed by atoms with Gasteiger partial charge in [-0.25, -0.2) is 9.78 Å². The Balaban J connectivity index is 0.000000396. The summed E-state index contributed by atoms with van der Waals surface area (Å²) in [5.41, 5.74) is 1.59. The molecule has 1 aliphatic heterocycles. The lowest BCUT2D eigenvalue weighted by atomic mass is 9.66. The summed E-state index contributed by atoms with van der Waals surface area (Å²) < 4.78 is 32.6. The minimum Gasteiger partial charge on any atom is -0.475 e. The molecule has 1 amide bonds. The van der Waals surface area contributed by atoms with Crippen molar-refractivity contribution in [2.75, 3.05) is 19.6 Å². The molecule has 0 spiro atoms.